The van der Waals surface area contributed by atoms with Gasteiger partial charge in [0.2, 0.25) is 11.8 Å². The molecule has 6 N–H and O–H groups in total. The molecular formula is C11H19N3O6S. The Morgan fingerprint density at radius 3 is 2.33 bits per heavy atom. The first-order chi connectivity index (χ1) is 9.77. The highest BCUT2D eigenvalue weighted by atomic mass is 32.2. The lowest BCUT2D eigenvalue weighted by molar-refractivity contribution is -0.139. The number of carbonyl (C=O) groups excluding carboxylic acids is 2. The van der Waals surface area contributed by atoms with Gasteiger partial charge in [0.1, 0.15) is 18.6 Å². The quantitative estimate of drug-likeness (QED) is 0.316. The number of nitrogens with two attached hydrogens (primary N) is 1. The number of hydrogen-bond acceptors (Lipinski definition) is 6. The third kappa shape index (κ3) is 8.87. The zero-order chi connectivity index (χ0) is 16.4. The zero-order valence-electron chi connectivity index (χ0n) is 11.5. The summed E-state index contributed by atoms with van der Waals surface area (Å²) < 4.78 is 0. The molecular weight excluding hydrogens is 302 g/mol. The Labute approximate surface area is 125 Å². The van der Waals surface area contributed by atoms with Gasteiger partial charge in [0.25, 0.3) is 0 Å². The van der Waals surface area contributed by atoms with Crippen molar-refractivity contribution in [2.75, 3.05) is 18.6 Å². The van der Waals surface area contributed by atoms with Crippen LogP contribution in [0.25, 0.3) is 0 Å². The Morgan fingerprint density at radius 1 is 1.24 bits per heavy atom. The van der Waals surface area contributed by atoms with Gasteiger partial charge in [-0.05, 0) is 12.7 Å². The van der Waals surface area contributed by atoms with Crippen LogP contribution in [0.2, 0.25) is 0 Å². The van der Waals surface area contributed by atoms with Crippen LogP contribution in [0.3, 0.4) is 0 Å². The zero-order valence-corrected chi connectivity index (χ0v) is 12.3. The van der Waals surface area contributed by atoms with Crippen LogP contribution in [-0.4, -0.2) is 64.6 Å². The standard InChI is InChI=1S/C11H19N3O6S/c1-21-5-7(10(18)13-4-9(16)17)14-8(15)3-2-6(12)11(19)20/h6-7H,2-5,12H2,1H3,(H,13,18)(H,14,15)(H,16,17)(H,19,20)/t6-,7?/m0/s1. The van der Waals surface area contributed by atoms with Gasteiger partial charge >= 0.3 is 11.9 Å². The molecule has 0 aliphatic carbocycles. The molecule has 1 unspecified atom stereocenters. The topological polar surface area (TPSA) is 159 Å². The summed E-state index contributed by atoms with van der Waals surface area (Å²) in [5.41, 5.74) is 5.27. The summed E-state index contributed by atoms with van der Waals surface area (Å²) in [6, 6.07) is -2.02. The molecule has 0 spiro atoms. The highest BCUT2D eigenvalue weighted by molar-refractivity contribution is 7.98. The van der Waals surface area contributed by atoms with E-state index in [1.807, 2.05) is 0 Å². The summed E-state index contributed by atoms with van der Waals surface area (Å²) in [5, 5.41) is 21.7. The van der Waals surface area contributed by atoms with Gasteiger partial charge in [0.15, 0.2) is 0 Å². The molecule has 0 aromatic heterocycles. The summed E-state index contributed by atoms with van der Waals surface area (Å²) in [5.74, 6) is -3.26. The van der Waals surface area contributed by atoms with Crippen molar-refractivity contribution in [2.24, 2.45) is 5.73 Å². The van der Waals surface area contributed by atoms with E-state index in [1.54, 1.807) is 6.26 Å². The van der Waals surface area contributed by atoms with Crippen LogP contribution in [0.15, 0.2) is 0 Å². The predicted octanol–water partition coefficient (Wildman–Crippen LogP) is -1.77. The maximum atomic E-state index is 11.7. The van der Waals surface area contributed by atoms with Crippen LogP contribution in [0.1, 0.15) is 12.8 Å². The van der Waals surface area contributed by atoms with Crippen LogP contribution in [0.4, 0.5) is 0 Å². The summed E-state index contributed by atoms with van der Waals surface area (Å²) in [4.78, 5) is 44.2. The van der Waals surface area contributed by atoms with Crippen LogP contribution in [0, 0.1) is 0 Å². The Balaban J connectivity index is 4.35. The van der Waals surface area contributed by atoms with E-state index in [-0.39, 0.29) is 18.6 Å². The van der Waals surface area contributed by atoms with Crippen molar-refractivity contribution in [1.29, 1.82) is 0 Å². The average Bonchev–Trinajstić information content (AvgIpc) is 2.41. The van der Waals surface area contributed by atoms with E-state index in [4.69, 9.17) is 15.9 Å². The van der Waals surface area contributed by atoms with Crippen LogP contribution < -0.4 is 16.4 Å². The Kier molecular flexibility index (Phi) is 9.13. The molecule has 0 fully saturated rings. The first-order valence-corrected chi connectivity index (χ1v) is 7.43. The first kappa shape index (κ1) is 19.2. The molecule has 0 bridgehead atoms. The Bertz CT molecular complexity index is 403. The number of carboxylic acid groups (broad SMARTS) is 2. The van der Waals surface area contributed by atoms with Crippen molar-refractivity contribution in [3.63, 3.8) is 0 Å². The van der Waals surface area contributed by atoms with E-state index in [0.717, 1.165) is 0 Å². The molecule has 0 heterocycles. The number of rotatable bonds is 10. The molecule has 0 aromatic rings. The van der Waals surface area contributed by atoms with E-state index in [1.165, 1.54) is 11.8 Å². The molecule has 0 aliphatic rings. The summed E-state index contributed by atoms with van der Waals surface area (Å²) in [7, 11) is 0. The largest absolute Gasteiger partial charge is 0.480 e. The smallest absolute Gasteiger partial charge is 0.322 e. The van der Waals surface area contributed by atoms with Gasteiger partial charge in [0, 0.05) is 12.2 Å². The number of carboxylic acids is 2. The Morgan fingerprint density at radius 2 is 1.86 bits per heavy atom. The van der Waals surface area contributed by atoms with Gasteiger partial charge in [-0.1, -0.05) is 0 Å². The maximum Gasteiger partial charge on any atom is 0.322 e. The van der Waals surface area contributed by atoms with Gasteiger partial charge < -0.3 is 26.6 Å². The number of nitrogens with one attached hydrogen (secondary N) is 2. The van der Waals surface area contributed by atoms with Crippen molar-refractivity contribution in [3.8, 4) is 0 Å². The van der Waals surface area contributed by atoms with E-state index < -0.39 is 42.4 Å². The Hall–Kier alpha value is -1.81. The van der Waals surface area contributed by atoms with Gasteiger partial charge in [-0.25, -0.2) is 0 Å². The fourth-order valence-electron chi connectivity index (χ4n) is 1.31. The number of aliphatic carboxylic acids is 2. The van der Waals surface area contributed by atoms with Gasteiger partial charge in [-0.3, -0.25) is 19.2 Å². The molecule has 0 aliphatic heterocycles. The van der Waals surface area contributed by atoms with E-state index in [9.17, 15) is 19.2 Å². The molecule has 2 amide bonds. The highest BCUT2D eigenvalue weighted by Gasteiger charge is 2.21. The number of amides is 2. The van der Waals surface area contributed by atoms with E-state index >= 15 is 0 Å². The molecule has 10 heteroatoms. The lowest BCUT2D eigenvalue weighted by Gasteiger charge is -2.17. The lowest BCUT2D eigenvalue weighted by atomic mass is 10.1. The molecule has 0 aromatic carbocycles. The monoisotopic (exact) mass is 321 g/mol. The second-order valence-electron chi connectivity index (χ2n) is 4.17. The molecule has 120 valence electrons. The molecule has 0 saturated carbocycles. The van der Waals surface area contributed by atoms with Gasteiger partial charge in [-0.15, -0.1) is 0 Å². The second-order valence-corrected chi connectivity index (χ2v) is 5.08. The van der Waals surface area contributed by atoms with Gasteiger partial charge in [-0.2, -0.15) is 11.8 Å². The van der Waals surface area contributed by atoms with Crippen molar-refractivity contribution >= 4 is 35.5 Å². The molecule has 2 atom stereocenters. The normalized spacial score (nSPS) is 13.0. The van der Waals surface area contributed by atoms with Crippen LogP contribution in [-0.2, 0) is 19.2 Å². The van der Waals surface area contributed by atoms with E-state index in [0.29, 0.717) is 0 Å². The fraction of sp³-hybridized carbons (Fsp3) is 0.636. The molecule has 0 rings (SSSR count). The van der Waals surface area contributed by atoms with Crippen molar-refractivity contribution in [2.45, 2.75) is 24.9 Å². The minimum atomic E-state index is -1.21. The number of hydrogen-bond donors (Lipinski definition) is 5. The van der Waals surface area contributed by atoms with Gasteiger partial charge in [0.05, 0.1) is 0 Å². The maximum absolute atomic E-state index is 11.7. The predicted molar refractivity (Wildman–Crippen MR) is 75.8 cm³/mol. The third-order valence-electron chi connectivity index (χ3n) is 2.40. The summed E-state index contributed by atoms with van der Waals surface area (Å²) in [6.45, 7) is -0.538. The lowest BCUT2D eigenvalue weighted by Crippen LogP contribution is -2.49. The minimum absolute atomic E-state index is 0.0517. The average molecular weight is 321 g/mol. The summed E-state index contributed by atoms with van der Waals surface area (Å²) >= 11 is 1.30. The minimum Gasteiger partial charge on any atom is -0.480 e. The molecule has 9 nitrogen and oxygen atoms in total. The van der Waals surface area contributed by atoms with Crippen molar-refractivity contribution in [3.05, 3.63) is 0 Å². The van der Waals surface area contributed by atoms with Crippen LogP contribution >= 0.6 is 11.8 Å². The van der Waals surface area contributed by atoms with Crippen molar-refractivity contribution in [1.82, 2.24) is 10.6 Å². The number of thioether (sulfide) groups is 1. The SMILES string of the molecule is CSCC(NC(=O)CC[C@H](N)C(=O)O)C(=O)NCC(=O)O. The summed E-state index contributed by atoms with van der Waals surface area (Å²) in [6.07, 6.45) is 1.54. The molecule has 0 radical (unpaired) electrons. The van der Waals surface area contributed by atoms with Crippen molar-refractivity contribution < 1.29 is 29.4 Å². The third-order valence-corrected chi connectivity index (χ3v) is 3.07. The second kappa shape index (κ2) is 10.00. The first-order valence-electron chi connectivity index (χ1n) is 6.04. The molecule has 0 saturated heterocycles. The van der Waals surface area contributed by atoms with E-state index in [2.05, 4.69) is 10.6 Å². The van der Waals surface area contributed by atoms with Crippen LogP contribution in [0.5, 0.6) is 0 Å². The highest BCUT2D eigenvalue weighted by Crippen LogP contribution is 2.00. The molecule has 21 heavy (non-hydrogen) atoms. The fourth-order valence-corrected chi connectivity index (χ4v) is 1.88. The number of carbonyl (C=O) groups is 4.